The molecule has 4 amide bonds. The zero-order valence-corrected chi connectivity index (χ0v) is 28.8. The molecule has 0 aliphatic carbocycles. The van der Waals surface area contributed by atoms with Crippen LogP contribution in [-0.2, 0) is 33.6 Å². The summed E-state index contributed by atoms with van der Waals surface area (Å²) in [5, 5.41) is 44.6. The number of carboxylic acid groups (broad SMARTS) is 2. The topological polar surface area (TPSA) is 252 Å². The maximum absolute atomic E-state index is 13.2. The molecule has 0 saturated carbocycles. The number of nitrogens with one attached hydrogen (secondary N) is 6. The number of hydrogen-bond acceptors (Lipinski definition) is 14. The lowest BCUT2D eigenvalue weighted by Crippen LogP contribution is -2.59. The van der Waals surface area contributed by atoms with E-state index in [4.69, 9.17) is 0 Å². The second-order valence-electron chi connectivity index (χ2n) is 10.2. The van der Waals surface area contributed by atoms with E-state index in [0.29, 0.717) is 0 Å². The summed E-state index contributed by atoms with van der Waals surface area (Å²) in [6, 6.07) is -7.15. The molecule has 0 bridgehead atoms. The van der Waals surface area contributed by atoms with Crippen LogP contribution in [0.25, 0.3) is 0 Å². The van der Waals surface area contributed by atoms with Gasteiger partial charge in [-0.2, -0.15) is 0 Å². The van der Waals surface area contributed by atoms with Crippen molar-refractivity contribution in [2.45, 2.75) is 69.5 Å². The Labute approximate surface area is 277 Å². The van der Waals surface area contributed by atoms with Gasteiger partial charge in [-0.15, -0.1) is 0 Å². The van der Waals surface area contributed by atoms with E-state index in [2.05, 4.69) is 31.9 Å². The van der Waals surface area contributed by atoms with Crippen LogP contribution >= 0.6 is 43.2 Å². The van der Waals surface area contributed by atoms with Crippen LogP contribution < -0.4 is 31.9 Å². The van der Waals surface area contributed by atoms with E-state index in [-0.39, 0.29) is 28.8 Å². The Hall–Kier alpha value is -2.23. The summed E-state index contributed by atoms with van der Waals surface area (Å²) < 4.78 is 0. The van der Waals surface area contributed by atoms with Crippen molar-refractivity contribution in [1.82, 2.24) is 31.9 Å². The molecule has 0 unspecified atom stereocenters. The van der Waals surface area contributed by atoms with Gasteiger partial charge in [0.1, 0.15) is 18.1 Å². The van der Waals surface area contributed by atoms with Crippen LogP contribution in [-0.4, -0.2) is 136 Å². The number of aliphatic hydroxyl groups is 1. The summed E-state index contributed by atoms with van der Waals surface area (Å²) in [5.41, 5.74) is 0. The Morgan fingerprint density at radius 3 is 1.64 bits per heavy atom. The molecule has 0 aromatic rings. The standard InChI is InChI=1S/C25H42N6O10S4/c1-11(2)20(35)14-7-42-45-10-17(25(40)41)30-24(39)19(12(3)32)31-23(38)16(27-5)9-44-43-8-15(26-4)22(37)28-13(6-18(33)34)21(36)29-14/h11-17,19,26-27,32H,6-10H2,1-5H3,(H,28,37)(H,29,36)(H,30,39)(H,31,38)(H,33,34)(H,40,41)/t12-,13+,14+,15+,16+,17+,19+/m1/s1. The third-order valence-corrected chi connectivity index (χ3v) is 11.2. The first kappa shape index (κ1) is 40.8. The molecule has 1 heterocycles. The molecule has 7 atom stereocenters. The highest BCUT2D eigenvalue weighted by Crippen LogP contribution is 2.25. The molecule has 256 valence electrons. The molecule has 20 heteroatoms. The van der Waals surface area contributed by atoms with E-state index in [9.17, 15) is 48.9 Å². The van der Waals surface area contributed by atoms with Crippen molar-refractivity contribution in [3.05, 3.63) is 0 Å². The second-order valence-corrected chi connectivity index (χ2v) is 15.3. The van der Waals surface area contributed by atoms with E-state index < -0.39 is 90.3 Å². The summed E-state index contributed by atoms with van der Waals surface area (Å²) >= 11 is 0. The van der Waals surface area contributed by atoms with Gasteiger partial charge in [-0.3, -0.25) is 28.8 Å². The number of Topliss-reactive ketones (excluding diaryl/α,β-unsaturated/α-hetero) is 1. The Kier molecular flexibility index (Phi) is 18.9. The molecular weight excluding hydrogens is 673 g/mol. The van der Waals surface area contributed by atoms with Crippen LogP contribution in [0.2, 0.25) is 0 Å². The van der Waals surface area contributed by atoms with Gasteiger partial charge < -0.3 is 47.2 Å². The molecule has 16 nitrogen and oxygen atoms in total. The molecule has 1 aliphatic heterocycles. The smallest absolute Gasteiger partial charge is 0.327 e. The Balaban J connectivity index is 3.34. The summed E-state index contributed by atoms with van der Waals surface area (Å²) in [6.07, 6.45) is -2.10. The second kappa shape index (κ2) is 20.8. The fraction of sp³-hybridized carbons (Fsp3) is 0.720. The number of carbonyl (C=O) groups is 7. The lowest BCUT2D eigenvalue weighted by Gasteiger charge is -2.26. The van der Waals surface area contributed by atoms with E-state index in [1.165, 1.54) is 42.6 Å². The van der Waals surface area contributed by atoms with E-state index in [1.807, 2.05) is 0 Å². The highest BCUT2D eigenvalue weighted by molar-refractivity contribution is 8.77. The first-order valence-electron chi connectivity index (χ1n) is 13.8. The van der Waals surface area contributed by atoms with Gasteiger partial charge in [0, 0.05) is 28.9 Å². The maximum atomic E-state index is 13.2. The minimum absolute atomic E-state index is 0.0355. The molecule has 0 aromatic heterocycles. The maximum Gasteiger partial charge on any atom is 0.327 e. The SMILES string of the molecule is CN[C@H]1CSSC[C@H](NC)C(=O)N[C@@H]([C@@H](C)O)C(=O)N[C@H](C(=O)O)CSSC[C@@H](C(=O)C(C)C)NC(=O)[C@H](CC(=O)O)NC1=O. The first-order valence-corrected chi connectivity index (χ1v) is 18.8. The fourth-order valence-electron chi connectivity index (χ4n) is 3.67. The van der Waals surface area contributed by atoms with Crippen LogP contribution in [0.5, 0.6) is 0 Å². The molecule has 1 saturated heterocycles. The number of amides is 4. The summed E-state index contributed by atoms with van der Waals surface area (Å²) in [4.78, 5) is 88.4. The summed E-state index contributed by atoms with van der Waals surface area (Å²) in [7, 11) is 7.48. The Bertz CT molecular complexity index is 1070. The summed E-state index contributed by atoms with van der Waals surface area (Å²) in [6.45, 7) is 4.51. The van der Waals surface area contributed by atoms with Crippen molar-refractivity contribution in [3.8, 4) is 0 Å². The molecule has 1 aliphatic rings. The van der Waals surface area contributed by atoms with Gasteiger partial charge in [0.25, 0.3) is 0 Å². The van der Waals surface area contributed by atoms with Crippen LogP contribution in [0.1, 0.15) is 27.2 Å². The van der Waals surface area contributed by atoms with Gasteiger partial charge in [-0.1, -0.05) is 57.0 Å². The van der Waals surface area contributed by atoms with Crippen molar-refractivity contribution >= 4 is 84.5 Å². The van der Waals surface area contributed by atoms with E-state index >= 15 is 0 Å². The highest BCUT2D eigenvalue weighted by Gasteiger charge is 2.33. The molecule has 9 N–H and O–H groups in total. The Morgan fingerprint density at radius 2 is 1.20 bits per heavy atom. The molecule has 1 rings (SSSR count). The van der Waals surface area contributed by atoms with Gasteiger partial charge in [0.05, 0.1) is 30.7 Å². The van der Waals surface area contributed by atoms with Gasteiger partial charge in [-0.25, -0.2) is 4.79 Å². The van der Waals surface area contributed by atoms with Crippen molar-refractivity contribution < 1.29 is 48.9 Å². The number of aliphatic carboxylic acids is 2. The van der Waals surface area contributed by atoms with Crippen molar-refractivity contribution in [2.75, 3.05) is 37.1 Å². The van der Waals surface area contributed by atoms with Gasteiger partial charge in [0.15, 0.2) is 5.78 Å². The molecule has 0 aromatic carbocycles. The first-order chi connectivity index (χ1) is 21.1. The number of carbonyl (C=O) groups excluding carboxylic acids is 5. The van der Waals surface area contributed by atoms with Crippen molar-refractivity contribution in [2.24, 2.45) is 5.92 Å². The lowest BCUT2D eigenvalue weighted by atomic mass is 10.0. The minimum atomic E-state index is -1.49. The lowest BCUT2D eigenvalue weighted by molar-refractivity contribution is -0.142. The largest absolute Gasteiger partial charge is 0.481 e. The number of rotatable bonds is 8. The zero-order chi connectivity index (χ0) is 34.3. The number of likely N-dealkylation sites (N-methyl/N-ethyl adjacent to an activating group) is 2. The van der Waals surface area contributed by atoms with Crippen molar-refractivity contribution in [1.29, 1.82) is 0 Å². The Morgan fingerprint density at radius 1 is 0.733 bits per heavy atom. The molecular formula is C25H42N6O10S4. The molecule has 1 fully saturated rings. The average Bonchev–Trinajstić information content (AvgIpc) is 2.96. The normalized spacial score (nSPS) is 27.9. The quantitative estimate of drug-likeness (QED) is 0.124. The molecule has 0 radical (unpaired) electrons. The van der Waals surface area contributed by atoms with E-state index in [0.717, 1.165) is 21.6 Å². The predicted molar refractivity (Wildman–Crippen MR) is 175 cm³/mol. The number of ketones is 1. The van der Waals surface area contributed by atoms with Gasteiger partial charge in [0.2, 0.25) is 23.6 Å². The average molecular weight is 715 g/mol. The van der Waals surface area contributed by atoms with Crippen LogP contribution in [0, 0.1) is 5.92 Å². The van der Waals surface area contributed by atoms with Gasteiger partial charge in [-0.05, 0) is 21.0 Å². The van der Waals surface area contributed by atoms with Crippen LogP contribution in [0.3, 0.4) is 0 Å². The number of hydrogen-bond donors (Lipinski definition) is 9. The highest BCUT2D eigenvalue weighted by atomic mass is 33.1. The molecule has 0 spiro atoms. The van der Waals surface area contributed by atoms with Gasteiger partial charge >= 0.3 is 11.9 Å². The summed E-state index contributed by atoms with van der Waals surface area (Å²) in [5.74, 6) is -6.58. The monoisotopic (exact) mass is 714 g/mol. The predicted octanol–water partition coefficient (Wildman–Crippen LogP) is -1.96. The zero-order valence-electron chi connectivity index (χ0n) is 25.5. The fourth-order valence-corrected chi connectivity index (χ4v) is 8.49. The van der Waals surface area contributed by atoms with Crippen molar-refractivity contribution in [3.63, 3.8) is 0 Å². The number of carboxylic acids is 2. The van der Waals surface area contributed by atoms with Crippen LogP contribution in [0.4, 0.5) is 0 Å². The van der Waals surface area contributed by atoms with Crippen LogP contribution in [0.15, 0.2) is 0 Å². The molecule has 45 heavy (non-hydrogen) atoms. The third kappa shape index (κ3) is 14.4. The van der Waals surface area contributed by atoms with E-state index in [1.54, 1.807) is 13.8 Å². The minimum Gasteiger partial charge on any atom is -0.481 e. The third-order valence-electron chi connectivity index (χ3n) is 6.35. The number of aliphatic hydroxyl groups excluding tert-OH is 1.